The molecular weight excluding hydrogens is 270 g/mol. The molecule has 1 amide bonds. The van der Waals surface area contributed by atoms with Gasteiger partial charge in [-0.2, -0.15) is 0 Å². The van der Waals surface area contributed by atoms with Gasteiger partial charge in [0.05, 0.1) is 13.1 Å². The van der Waals surface area contributed by atoms with Crippen LogP contribution in [0.15, 0.2) is 17.5 Å². The Morgan fingerprint density at radius 2 is 2.10 bits per heavy atom. The van der Waals surface area contributed by atoms with Crippen LogP contribution in [0.4, 0.5) is 0 Å². The van der Waals surface area contributed by atoms with E-state index in [-0.39, 0.29) is 5.91 Å². The maximum atomic E-state index is 11.9. The summed E-state index contributed by atoms with van der Waals surface area (Å²) in [6.45, 7) is 5.53. The van der Waals surface area contributed by atoms with E-state index in [2.05, 4.69) is 21.2 Å². The average Bonchev–Trinajstić information content (AvgIpc) is 2.90. The molecule has 1 N–H and O–H groups in total. The molecule has 1 aromatic heterocycles. The van der Waals surface area contributed by atoms with Crippen molar-refractivity contribution in [1.82, 2.24) is 15.1 Å². The van der Waals surface area contributed by atoms with Gasteiger partial charge < -0.3 is 5.32 Å². The van der Waals surface area contributed by atoms with E-state index in [0.29, 0.717) is 13.1 Å². The normalized spacial score (nSPS) is 21.6. The first-order valence-corrected chi connectivity index (χ1v) is 8.45. The highest BCUT2D eigenvalue weighted by Gasteiger charge is 2.28. The Bertz CT molecular complexity index is 422. The first kappa shape index (κ1) is 14.0. The van der Waals surface area contributed by atoms with E-state index < -0.39 is 0 Å². The molecule has 110 valence electrons. The van der Waals surface area contributed by atoms with Crippen molar-refractivity contribution in [3.63, 3.8) is 0 Å². The van der Waals surface area contributed by atoms with Gasteiger partial charge in [0.25, 0.3) is 0 Å². The van der Waals surface area contributed by atoms with Crippen molar-refractivity contribution in [2.24, 2.45) is 0 Å². The predicted molar refractivity (Wildman–Crippen MR) is 81.8 cm³/mol. The maximum absolute atomic E-state index is 11.9. The van der Waals surface area contributed by atoms with Crippen LogP contribution >= 0.6 is 11.3 Å². The summed E-state index contributed by atoms with van der Waals surface area (Å²) >= 11 is 1.69. The molecule has 1 aliphatic carbocycles. The summed E-state index contributed by atoms with van der Waals surface area (Å²) in [5.41, 5.74) is 0. The molecule has 0 radical (unpaired) electrons. The largest absolute Gasteiger partial charge is 0.350 e. The van der Waals surface area contributed by atoms with Crippen LogP contribution in [-0.4, -0.2) is 54.5 Å². The van der Waals surface area contributed by atoms with Gasteiger partial charge in [-0.05, 0) is 24.3 Å². The Morgan fingerprint density at radius 3 is 2.70 bits per heavy atom. The number of piperazine rings is 1. The highest BCUT2D eigenvalue weighted by atomic mass is 32.1. The van der Waals surface area contributed by atoms with Crippen LogP contribution in [0.2, 0.25) is 0 Å². The molecule has 2 heterocycles. The van der Waals surface area contributed by atoms with Crippen LogP contribution in [0.5, 0.6) is 0 Å². The van der Waals surface area contributed by atoms with E-state index in [1.807, 2.05) is 11.4 Å². The molecular formula is C15H23N3OS. The molecule has 0 aromatic carbocycles. The monoisotopic (exact) mass is 293 g/mol. The zero-order valence-electron chi connectivity index (χ0n) is 11.9. The molecule has 1 aliphatic heterocycles. The van der Waals surface area contributed by atoms with E-state index in [1.54, 1.807) is 11.3 Å². The van der Waals surface area contributed by atoms with Crippen molar-refractivity contribution in [2.75, 3.05) is 32.7 Å². The van der Waals surface area contributed by atoms with Crippen molar-refractivity contribution in [3.8, 4) is 0 Å². The number of amides is 1. The van der Waals surface area contributed by atoms with E-state index >= 15 is 0 Å². The minimum absolute atomic E-state index is 0.149. The van der Waals surface area contributed by atoms with E-state index in [9.17, 15) is 4.79 Å². The quantitative estimate of drug-likeness (QED) is 0.894. The molecule has 0 bridgehead atoms. The maximum Gasteiger partial charge on any atom is 0.234 e. The van der Waals surface area contributed by atoms with E-state index in [0.717, 1.165) is 32.2 Å². The van der Waals surface area contributed by atoms with Crippen molar-refractivity contribution < 1.29 is 4.79 Å². The van der Waals surface area contributed by atoms with Gasteiger partial charge in [0.1, 0.15) is 0 Å². The summed E-state index contributed by atoms with van der Waals surface area (Å²) in [5, 5.41) is 5.05. The van der Waals surface area contributed by atoms with Gasteiger partial charge in [-0.1, -0.05) is 12.5 Å². The Labute approximate surface area is 124 Å². The van der Waals surface area contributed by atoms with Gasteiger partial charge >= 0.3 is 0 Å². The Kier molecular flexibility index (Phi) is 4.70. The van der Waals surface area contributed by atoms with Gasteiger partial charge in [-0.15, -0.1) is 11.3 Å². The molecule has 0 unspecified atom stereocenters. The smallest absolute Gasteiger partial charge is 0.234 e. The highest BCUT2D eigenvalue weighted by molar-refractivity contribution is 7.09. The van der Waals surface area contributed by atoms with Crippen LogP contribution in [-0.2, 0) is 11.3 Å². The zero-order chi connectivity index (χ0) is 13.8. The fourth-order valence-electron chi connectivity index (χ4n) is 2.90. The second-order valence-electron chi connectivity index (χ2n) is 5.75. The summed E-state index contributed by atoms with van der Waals surface area (Å²) in [4.78, 5) is 18.0. The number of nitrogens with zero attached hydrogens (tertiary/aromatic N) is 2. The summed E-state index contributed by atoms with van der Waals surface area (Å²) < 4.78 is 0. The number of thiophene rings is 1. The third kappa shape index (κ3) is 3.59. The van der Waals surface area contributed by atoms with Gasteiger partial charge in [-0.3, -0.25) is 14.6 Å². The highest BCUT2D eigenvalue weighted by Crippen LogP contribution is 2.25. The SMILES string of the molecule is O=C(CN1CCN(C2CCC2)CC1)NCc1cccs1. The number of hydrogen-bond donors (Lipinski definition) is 1. The molecule has 4 nitrogen and oxygen atoms in total. The Balaban J connectivity index is 1.35. The molecule has 1 aromatic rings. The van der Waals surface area contributed by atoms with Crippen LogP contribution in [0.3, 0.4) is 0 Å². The molecule has 0 atom stereocenters. The van der Waals surface area contributed by atoms with Gasteiger partial charge in [0, 0.05) is 37.1 Å². The van der Waals surface area contributed by atoms with Crippen LogP contribution in [0, 0.1) is 0 Å². The molecule has 1 saturated heterocycles. The van der Waals surface area contributed by atoms with Crippen LogP contribution in [0.1, 0.15) is 24.1 Å². The number of carbonyl (C=O) groups is 1. The van der Waals surface area contributed by atoms with Crippen molar-refractivity contribution in [3.05, 3.63) is 22.4 Å². The lowest BCUT2D eigenvalue weighted by Gasteiger charge is -2.42. The fraction of sp³-hybridized carbons (Fsp3) is 0.667. The molecule has 3 rings (SSSR count). The van der Waals surface area contributed by atoms with Crippen molar-refractivity contribution in [2.45, 2.75) is 31.8 Å². The minimum Gasteiger partial charge on any atom is -0.350 e. The molecule has 20 heavy (non-hydrogen) atoms. The van der Waals surface area contributed by atoms with Crippen LogP contribution in [0.25, 0.3) is 0 Å². The lowest BCUT2D eigenvalue weighted by atomic mass is 9.91. The summed E-state index contributed by atoms with van der Waals surface area (Å²) in [5.74, 6) is 0.149. The summed E-state index contributed by atoms with van der Waals surface area (Å²) in [6.07, 6.45) is 4.15. The second-order valence-corrected chi connectivity index (χ2v) is 6.79. The Morgan fingerprint density at radius 1 is 1.30 bits per heavy atom. The number of carbonyl (C=O) groups excluding carboxylic acids is 1. The van der Waals surface area contributed by atoms with Gasteiger partial charge in [0.2, 0.25) is 5.91 Å². The topological polar surface area (TPSA) is 35.6 Å². The van der Waals surface area contributed by atoms with Crippen LogP contribution < -0.4 is 5.32 Å². The predicted octanol–water partition coefficient (Wildman–Crippen LogP) is 1.53. The van der Waals surface area contributed by atoms with E-state index in [1.165, 1.54) is 24.1 Å². The lowest BCUT2D eigenvalue weighted by Crippen LogP contribution is -2.53. The van der Waals surface area contributed by atoms with Gasteiger partial charge in [-0.25, -0.2) is 0 Å². The first-order valence-electron chi connectivity index (χ1n) is 7.57. The van der Waals surface area contributed by atoms with Crippen molar-refractivity contribution >= 4 is 17.2 Å². The van der Waals surface area contributed by atoms with E-state index in [4.69, 9.17) is 0 Å². The number of rotatable bonds is 5. The fourth-order valence-corrected chi connectivity index (χ4v) is 3.54. The third-order valence-electron chi connectivity index (χ3n) is 4.41. The molecule has 2 fully saturated rings. The molecule has 1 saturated carbocycles. The molecule has 5 heteroatoms. The second kappa shape index (κ2) is 6.70. The van der Waals surface area contributed by atoms with Crippen molar-refractivity contribution in [1.29, 1.82) is 0 Å². The zero-order valence-corrected chi connectivity index (χ0v) is 12.7. The summed E-state index contributed by atoms with van der Waals surface area (Å²) in [6, 6.07) is 4.92. The minimum atomic E-state index is 0.149. The molecule has 2 aliphatic rings. The lowest BCUT2D eigenvalue weighted by molar-refractivity contribution is -0.123. The first-order chi connectivity index (χ1) is 9.81. The summed E-state index contributed by atoms with van der Waals surface area (Å²) in [7, 11) is 0. The van der Waals surface area contributed by atoms with Gasteiger partial charge in [0.15, 0.2) is 0 Å². The number of nitrogens with one attached hydrogen (secondary N) is 1. The average molecular weight is 293 g/mol. The Hall–Kier alpha value is -0.910. The third-order valence-corrected chi connectivity index (χ3v) is 5.28. The number of hydrogen-bond acceptors (Lipinski definition) is 4. The molecule has 0 spiro atoms. The standard InChI is InChI=1S/C15H23N3OS/c19-15(16-11-14-5-2-10-20-14)12-17-6-8-18(9-7-17)13-3-1-4-13/h2,5,10,13H,1,3-4,6-9,11-12H2,(H,16,19).